The van der Waals surface area contributed by atoms with Gasteiger partial charge in [0.05, 0.1) is 6.61 Å². The molecule has 0 aliphatic heterocycles. The summed E-state index contributed by atoms with van der Waals surface area (Å²) in [6, 6.07) is 3.49. The fourth-order valence-electron chi connectivity index (χ4n) is 2.47. The lowest BCUT2D eigenvalue weighted by Crippen LogP contribution is -2.33. The Labute approximate surface area is 109 Å². The summed E-state index contributed by atoms with van der Waals surface area (Å²) in [6.07, 6.45) is 4.11. The van der Waals surface area contributed by atoms with Crippen molar-refractivity contribution in [1.82, 2.24) is 0 Å². The van der Waals surface area contributed by atoms with E-state index >= 15 is 0 Å². The number of hydrogen-bond donors (Lipinski definition) is 1. The molecule has 0 saturated heterocycles. The van der Waals surface area contributed by atoms with Gasteiger partial charge in [-0.25, -0.2) is 4.39 Å². The molecule has 0 radical (unpaired) electrons. The number of ether oxygens (including phenoxy) is 1. The summed E-state index contributed by atoms with van der Waals surface area (Å²) in [4.78, 5) is 0. The number of nitrogens with two attached hydrogens (primary N) is 1. The molecule has 1 saturated carbocycles. The van der Waals surface area contributed by atoms with Crippen molar-refractivity contribution in [3.63, 3.8) is 0 Å². The molecule has 0 unspecified atom stereocenters. The Kier molecular flexibility index (Phi) is 3.85. The van der Waals surface area contributed by atoms with Gasteiger partial charge in [0, 0.05) is 22.7 Å². The largest absolute Gasteiger partial charge is 0.380 e. The Morgan fingerprint density at radius 2 is 2.06 bits per heavy atom. The van der Waals surface area contributed by atoms with Crippen LogP contribution in [0.5, 0.6) is 0 Å². The van der Waals surface area contributed by atoms with Crippen molar-refractivity contribution in [3.8, 4) is 0 Å². The fraction of sp³-hybridized carbons (Fsp3) is 0.538. The first-order valence-electron chi connectivity index (χ1n) is 5.83. The zero-order valence-electron chi connectivity index (χ0n) is 9.93. The summed E-state index contributed by atoms with van der Waals surface area (Å²) in [5, 5.41) is 0. The fourth-order valence-corrected chi connectivity index (χ4v) is 3.02. The van der Waals surface area contributed by atoms with Crippen LogP contribution in [-0.4, -0.2) is 7.11 Å². The van der Waals surface area contributed by atoms with E-state index < -0.39 is 0 Å². The van der Waals surface area contributed by atoms with Gasteiger partial charge in [-0.1, -0.05) is 28.8 Å². The van der Waals surface area contributed by atoms with Crippen molar-refractivity contribution >= 4 is 15.9 Å². The van der Waals surface area contributed by atoms with Crippen LogP contribution < -0.4 is 5.73 Å². The van der Waals surface area contributed by atoms with E-state index in [9.17, 15) is 4.39 Å². The van der Waals surface area contributed by atoms with Crippen LogP contribution in [0.25, 0.3) is 0 Å². The van der Waals surface area contributed by atoms with E-state index in [1.807, 2.05) is 6.07 Å². The second kappa shape index (κ2) is 5.04. The van der Waals surface area contributed by atoms with E-state index in [0.717, 1.165) is 35.7 Å². The predicted octanol–water partition coefficient (Wildman–Crippen LogP) is 3.46. The minimum Gasteiger partial charge on any atom is -0.380 e. The topological polar surface area (TPSA) is 35.2 Å². The maximum Gasteiger partial charge on any atom is 0.130 e. The molecule has 0 bridgehead atoms. The van der Waals surface area contributed by atoms with Gasteiger partial charge in [0.2, 0.25) is 0 Å². The zero-order chi connectivity index (χ0) is 12.5. The summed E-state index contributed by atoms with van der Waals surface area (Å²) in [5.74, 6) is -0.243. The maximum absolute atomic E-state index is 14.0. The Balaban J connectivity index is 2.38. The molecule has 1 aromatic carbocycles. The van der Waals surface area contributed by atoms with Crippen molar-refractivity contribution in [2.45, 2.75) is 37.8 Å². The molecule has 2 N–H and O–H groups in total. The summed E-state index contributed by atoms with van der Waals surface area (Å²) < 4.78 is 19.7. The highest BCUT2D eigenvalue weighted by Crippen LogP contribution is 2.38. The molecule has 0 atom stereocenters. The first-order valence-corrected chi connectivity index (χ1v) is 6.62. The summed E-state index contributed by atoms with van der Waals surface area (Å²) in [7, 11) is 1.56. The van der Waals surface area contributed by atoms with Crippen LogP contribution in [0.15, 0.2) is 16.6 Å². The van der Waals surface area contributed by atoms with Crippen LogP contribution in [0.4, 0.5) is 4.39 Å². The molecule has 1 aliphatic carbocycles. The smallest absolute Gasteiger partial charge is 0.130 e. The highest BCUT2D eigenvalue weighted by atomic mass is 79.9. The van der Waals surface area contributed by atoms with E-state index in [1.54, 1.807) is 13.2 Å². The normalized spacial score (nSPS) is 18.6. The van der Waals surface area contributed by atoms with E-state index in [2.05, 4.69) is 15.9 Å². The van der Waals surface area contributed by atoms with Gasteiger partial charge < -0.3 is 10.5 Å². The van der Waals surface area contributed by atoms with Gasteiger partial charge in [0.1, 0.15) is 5.82 Å². The van der Waals surface area contributed by atoms with Gasteiger partial charge in [-0.15, -0.1) is 0 Å². The van der Waals surface area contributed by atoms with Crippen LogP contribution in [-0.2, 0) is 16.9 Å². The van der Waals surface area contributed by atoms with Crippen LogP contribution in [0, 0.1) is 5.82 Å². The maximum atomic E-state index is 14.0. The predicted molar refractivity (Wildman–Crippen MR) is 69.1 cm³/mol. The molecule has 1 aromatic rings. The molecule has 17 heavy (non-hydrogen) atoms. The molecular formula is C13H17BrFNO. The van der Waals surface area contributed by atoms with Gasteiger partial charge in [0.15, 0.2) is 0 Å². The third-order valence-electron chi connectivity index (χ3n) is 3.50. The quantitative estimate of drug-likeness (QED) is 0.928. The molecule has 0 heterocycles. The Morgan fingerprint density at radius 3 is 2.59 bits per heavy atom. The molecule has 0 amide bonds. The molecule has 94 valence electrons. The Hall–Kier alpha value is -0.450. The van der Waals surface area contributed by atoms with Gasteiger partial charge in [-0.05, 0) is 30.5 Å². The Bertz CT molecular complexity index is 393. The van der Waals surface area contributed by atoms with E-state index in [0.29, 0.717) is 5.56 Å². The molecule has 4 heteroatoms. The van der Waals surface area contributed by atoms with Crippen molar-refractivity contribution in [2.75, 3.05) is 7.11 Å². The van der Waals surface area contributed by atoms with Crippen molar-refractivity contribution in [3.05, 3.63) is 33.5 Å². The first kappa shape index (κ1) is 13.0. The number of methoxy groups -OCH3 is 1. The number of halogens is 2. The first-order chi connectivity index (χ1) is 8.07. The molecule has 0 aromatic heterocycles. The standard InChI is InChI=1S/C13H17BrFNO/c1-17-8-10-11(14)6-9(7-12(10)15)13(16)4-2-3-5-13/h6-7H,2-5,8,16H2,1H3. The number of hydrogen-bond acceptors (Lipinski definition) is 2. The SMILES string of the molecule is COCc1c(F)cc(C2(N)CCCC2)cc1Br. The number of benzene rings is 1. The summed E-state index contributed by atoms with van der Waals surface area (Å²) in [5.41, 5.74) is 7.41. The highest BCUT2D eigenvalue weighted by Gasteiger charge is 2.32. The van der Waals surface area contributed by atoms with Crippen LogP contribution in [0.2, 0.25) is 0 Å². The molecule has 1 fully saturated rings. The highest BCUT2D eigenvalue weighted by molar-refractivity contribution is 9.10. The monoisotopic (exact) mass is 301 g/mol. The Morgan fingerprint density at radius 1 is 1.41 bits per heavy atom. The average molecular weight is 302 g/mol. The van der Waals surface area contributed by atoms with Gasteiger partial charge >= 0.3 is 0 Å². The third kappa shape index (κ3) is 2.54. The van der Waals surface area contributed by atoms with Gasteiger partial charge in [-0.3, -0.25) is 0 Å². The molecule has 2 rings (SSSR count). The average Bonchev–Trinajstić information content (AvgIpc) is 2.72. The van der Waals surface area contributed by atoms with Crippen molar-refractivity contribution < 1.29 is 9.13 Å². The van der Waals surface area contributed by atoms with E-state index in [1.165, 1.54) is 0 Å². The number of rotatable bonds is 3. The lowest BCUT2D eigenvalue weighted by molar-refractivity contribution is 0.180. The molecule has 0 spiro atoms. The van der Waals surface area contributed by atoms with Gasteiger partial charge in [-0.2, -0.15) is 0 Å². The minimum absolute atomic E-state index is 0.243. The lowest BCUT2D eigenvalue weighted by atomic mass is 9.89. The van der Waals surface area contributed by atoms with Crippen LogP contribution in [0.1, 0.15) is 36.8 Å². The second-order valence-electron chi connectivity index (χ2n) is 4.71. The molecular weight excluding hydrogens is 285 g/mol. The van der Waals surface area contributed by atoms with Gasteiger partial charge in [0.25, 0.3) is 0 Å². The minimum atomic E-state index is -0.352. The van der Waals surface area contributed by atoms with Crippen molar-refractivity contribution in [2.24, 2.45) is 5.73 Å². The second-order valence-corrected chi connectivity index (χ2v) is 5.57. The zero-order valence-corrected chi connectivity index (χ0v) is 11.5. The summed E-state index contributed by atoms with van der Waals surface area (Å²) >= 11 is 3.39. The third-order valence-corrected chi connectivity index (χ3v) is 4.21. The molecule has 1 aliphatic rings. The van der Waals surface area contributed by atoms with Crippen molar-refractivity contribution in [1.29, 1.82) is 0 Å². The lowest BCUT2D eigenvalue weighted by Gasteiger charge is -2.25. The van der Waals surface area contributed by atoms with E-state index in [-0.39, 0.29) is 18.0 Å². The van der Waals surface area contributed by atoms with Crippen LogP contribution in [0.3, 0.4) is 0 Å². The van der Waals surface area contributed by atoms with E-state index in [4.69, 9.17) is 10.5 Å². The molecule has 2 nitrogen and oxygen atoms in total. The summed E-state index contributed by atoms with van der Waals surface area (Å²) in [6.45, 7) is 0.268. The van der Waals surface area contributed by atoms with Crippen LogP contribution >= 0.6 is 15.9 Å².